The lowest BCUT2D eigenvalue weighted by Crippen LogP contribution is -3.00. The van der Waals surface area contributed by atoms with Gasteiger partial charge in [-0.25, -0.2) is 0 Å². The highest BCUT2D eigenvalue weighted by Gasteiger charge is 2.12. The molecule has 1 heterocycles. The molecule has 0 unspecified atom stereocenters. The second-order valence-corrected chi connectivity index (χ2v) is 4.29. The van der Waals surface area contributed by atoms with Crippen LogP contribution >= 0.6 is 11.6 Å². The van der Waals surface area contributed by atoms with Crippen LogP contribution in [0.3, 0.4) is 0 Å². The Labute approximate surface area is 117 Å². The van der Waals surface area contributed by atoms with Crippen LogP contribution in [0.25, 0.3) is 16.6 Å². The largest absolute Gasteiger partial charge is 1.00 e. The van der Waals surface area contributed by atoms with E-state index in [1.807, 2.05) is 48.7 Å². The molecule has 0 aliphatic heterocycles. The highest BCUT2D eigenvalue weighted by atomic mass is 35.5. The third-order valence-electron chi connectivity index (χ3n) is 2.83. The lowest BCUT2D eigenvalue weighted by molar-refractivity contribution is -0.567. The third kappa shape index (κ3) is 2.20. The van der Waals surface area contributed by atoms with Crippen LogP contribution in [0.15, 0.2) is 66.9 Å². The van der Waals surface area contributed by atoms with E-state index in [9.17, 15) is 0 Å². The van der Waals surface area contributed by atoms with Crippen LogP contribution in [0.2, 0.25) is 5.02 Å². The van der Waals surface area contributed by atoms with Crippen LogP contribution < -0.4 is 17.0 Å². The molecular weight excluding hydrogens is 265 g/mol. The summed E-state index contributed by atoms with van der Waals surface area (Å²) in [5.41, 5.74) is 2.26. The van der Waals surface area contributed by atoms with Crippen molar-refractivity contribution in [2.75, 3.05) is 0 Å². The Morgan fingerprint density at radius 1 is 0.778 bits per heavy atom. The summed E-state index contributed by atoms with van der Waals surface area (Å²) in [5, 5.41) is 1.85. The number of halogens is 2. The molecule has 3 rings (SSSR count). The fraction of sp³-hybridized carbons (Fsp3) is 0. The van der Waals surface area contributed by atoms with Gasteiger partial charge >= 0.3 is 0 Å². The Morgan fingerprint density at radius 2 is 1.44 bits per heavy atom. The molecule has 0 atom stereocenters. The van der Waals surface area contributed by atoms with Gasteiger partial charge in [0.25, 0.3) is 0 Å². The number of hydrogen-bond acceptors (Lipinski definition) is 0. The zero-order valence-corrected chi connectivity index (χ0v) is 11.1. The van der Waals surface area contributed by atoms with Crippen molar-refractivity contribution < 1.29 is 17.0 Å². The van der Waals surface area contributed by atoms with Gasteiger partial charge in [0.15, 0.2) is 6.20 Å². The van der Waals surface area contributed by atoms with E-state index in [1.165, 1.54) is 0 Å². The molecule has 0 radical (unpaired) electrons. The number of aromatic nitrogens is 1. The Balaban J connectivity index is 0.00000120. The fourth-order valence-electron chi connectivity index (χ4n) is 2.01. The lowest BCUT2D eigenvalue weighted by atomic mass is 10.2. The Bertz CT molecular complexity index is 666. The number of fused-ring (bicyclic) bond motifs is 1. The molecule has 0 bridgehead atoms. The van der Waals surface area contributed by atoms with Crippen molar-refractivity contribution in [1.29, 1.82) is 0 Å². The summed E-state index contributed by atoms with van der Waals surface area (Å²) in [6.45, 7) is 0. The van der Waals surface area contributed by atoms with Gasteiger partial charge in [-0.15, -0.1) is 0 Å². The Hall–Kier alpha value is -1.57. The summed E-state index contributed by atoms with van der Waals surface area (Å²) in [5.74, 6) is 0. The van der Waals surface area contributed by atoms with Crippen LogP contribution in [0, 0.1) is 0 Å². The van der Waals surface area contributed by atoms with Gasteiger partial charge < -0.3 is 12.4 Å². The van der Waals surface area contributed by atoms with Gasteiger partial charge in [0.2, 0.25) is 11.2 Å². The van der Waals surface area contributed by atoms with Crippen molar-refractivity contribution in [1.82, 2.24) is 0 Å². The van der Waals surface area contributed by atoms with Gasteiger partial charge in [-0.05, 0) is 6.07 Å². The number of benzene rings is 2. The van der Waals surface area contributed by atoms with Crippen LogP contribution in [-0.2, 0) is 0 Å². The van der Waals surface area contributed by atoms with Crippen LogP contribution in [0.1, 0.15) is 0 Å². The Kier molecular flexibility index (Phi) is 3.85. The van der Waals surface area contributed by atoms with E-state index in [4.69, 9.17) is 11.6 Å². The first-order valence-electron chi connectivity index (χ1n) is 5.50. The summed E-state index contributed by atoms with van der Waals surface area (Å²) in [4.78, 5) is 0. The first-order chi connectivity index (χ1) is 8.36. The predicted octanol–water partition coefficient (Wildman–Crippen LogP) is 0.774. The monoisotopic (exact) mass is 275 g/mol. The van der Waals surface area contributed by atoms with Gasteiger partial charge in [0.05, 0.1) is 10.4 Å². The van der Waals surface area contributed by atoms with E-state index < -0.39 is 0 Å². The third-order valence-corrected chi connectivity index (χ3v) is 3.15. The van der Waals surface area contributed by atoms with Crippen LogP contribution in [0.5, 0.6) is 0 Å². The number of para-hydroxylation sites is 2. The van der Waals surface area contributed by atoms with Crippen molar-refractivity contribution in [3.8, 4) is 5.69 Å². The first kappa shape index (κ1) is 12.9. The van der Waals surface area contributed by atoms with Crippen molar-refractivity contribution in [2.45, 2.75) is 0 Å². The minimum Gasteiger partial charge on any atom is -1.00 e. The van der Waals surface area contributed by atoms with Crippen molar-refractivity contribution >= 4 is 22.5 Å². The summed E-state index contributed by atoms with van der Waals surface area (Å²) < 4.78 is 2.14. The molecule has 2 aromatic carbocycles. The molecule has 3 aromatic rings. The number of pyridine rings is 1. The van der Waals surface area contributed by atoms with Crippen molar-refractivity contribution in [2.24, 2.45) is 0 Å². The normalized spacial score (nSPS) is 10.1. The molecule has 1 aromatic heterocycles. The van der Waals surface area contributed by atoms with Gasteiger partial charge in [-0.3, -0.25) is 0 Å². The zero-order valence-electron chi connectivity index (χ0n) is 9.55. The summed E-state index contributed by atoms with van der Waals surface area (Å²) >= 11 is 6.20. The molecule has 3 heteroatoms. The molecule has 0 aliphatic rings. The minimum absolute atomic E-state index is 0. The summed E-state index contributed by atoms with van der Waals surface area (Å²) in [6, 6.07) is 20.3. The maximum absolute atomic E-state index is 6.20. The smallest absolute Gasteiger partial charge is 0.219 e. The van der Waals surface area contributed by atoms with Crippen molar-refractivity contribution in [3.63, 3.8) is 0 Å². The number of rotatable bonds is 1. The van der Waals surface area contributed by atoms with E-state index in [-0.39, 0.29) is 12.4 Å². The van der Waals surface area contributed by atoms with E-state index in [0.29, 0.717) is 0 Å². The van der Waals surface area contributed by atoms with E-state index in [1.54, 1.807) is 0 Å². The van der Waals surface area contributed by atoms with Gasteiger partial charge in [-0.2, -0.15) is 4.57 Å². The SMILES string of the molecule is Clc1cc[n+](-c2ccccc2)c2ccccc12.[Cl-]. The highest BCUT2D eigenvalue weighted by molar-refractivity contribution is 6.35. The molecule has 90 valence electrons. The summed E-state index contributed by atoms with van der Waals surface area (Å²) in [6.07, 6.45) is 2.00. The van der Waals surface area contributed by atoms with Crippen LogP contribution in [-0.4, -0.2) is 0 Å². The summed E-state index contributed by atoms with van der Waals surface area (Å²) in [7, 11) is 0. The maximum atomic E-state index is 6.20. The quantitative estimate of drug-likeness (QED) is 0.578. The molecule has 18 heavy (non-hydrogen) atoms. The number of hydrogen-bond donors (Lipinski definition) is 0. The van der Waals surface area contributed by atoms with Crippen LogP contribution in [0.4, 0.5) is 0 Å². The van der Waals surface area contributed by atoms with E-state index >= 15 is 0 Å². The van der Waals surface area contributed by atoms with E-state index in [2.05, 4.69) is 22.8 Å². The molecule has 0 saturated heterocycles. The molecule has 0 N–H and O–H groups in total. The Morgan fingerprint density at radius 3 is 2.22 bits per heavy atom. The lowest BCUT2D eigenvalue weighted by Gasteiger charge is -2.01. The first-order valence-corrected chi connectivity index (χ1v) is 5.88. The molecule has 0 spiro atoms. The molecule has 0 amide bonds. The second-order valence-electron chi connectivity index (χ2n) is 3.89. The van der Waals surface area contributed by atoms with Gasteiger partial charge in [0.1, 0.15) is 0 Å². The second kappa shape index (κ2) is 5.38. The topological polar surface area (TPSA) is 3.88 Å². The highest BCUT2D eigenvalue weighted by Crippen LogP contribution is 2.20. The molecule has 1 nitrogen and oxygen atoms in total. The minimum atomic E-state index is 0. The van der Waals surface area contributed by atoms with E-state index in [0.717, 1.165) is 21.6 Å². The number of nitrogens with zero attached hydrogens (tertiary/aromatic N) is 1. The van der Waals surface area contributed by atoms with Crippen molar-refractivity contribution in [3.05, 3.63) is 71.9 Å². The fourth-order valence-corrected chi connectivity index (χ4v) is 2.23. The zero-order chi connectivity index (χ0) is 11.7. The maximum Gasteiger partial charge on any atom is 0.219 e. The van der Waals surface area contributed by atoms with Gasteiger partial charge in [0, 0.05) is 24.3 Å². The molecule has 0 aliphatic carbocycles. The predicted molar refractivity (Wildman–Crippen MR) is 70.5 cm³/mol. The molecule has 0 fully saturated rings. The van der Waals surface area contributed by atoms with Gasteiger partial charge in [-0.1, -0.05) is 41.9 Å². The average molecular weight is 276 g/mol. The molecular formula is C15H11Cl2N. The standard InChI is InChI=1S/C15H11ClN.ClH/c16-14-10-11-17(12-6-2-1-3-7-12)15-9-5-4-8-13(14)15;/h1-11H;1H/q+1;/p-1. The average Bonchev–Trinajstić information content (AvgIpc) is 2.41. The molecule has 0 saturated carbocycles.